The van der Waals surface area contributed by atoms with Crippen LogP contribution in [0.5, 0.6) is 0 Å². The second-order valence-electron chi connectivity index (χ2n) is 8.37. The first-order chi connectivity index (χ1) is 9.83. The molecule has 2 aliphatic rings. The van der Waals surface area contributed by atoms with Gasteiger partial charge in [-0.3, -0.25) is 4.68 Å². The Morgan fingerprint density at radius 3 is 2.52 bits per heavy atom. The van der Waals surface area contributed by atoms with Gasteiger partial charge in [-0.25, -0.2) is 0 Å². The molecule has 1 aromatic rings. The van der Waals surface area contributed by atoms with E-state index in [1.165, 1.54) is 42.6 Å². The summed E-state index contributed by atoms with van der Waals surface area (Å²) in [5.41, 5.74) is 4.12. The van der Waals surface area contributed by atoms with Crippen LogP contribution in [0.4, 0.5) is 0 Å². The van der Waals surface area contributed by atoms with Gasteiger partial charge in [0, 0.05) is 29.9 Å². The summed E-state index contributed by atoms with van der Waals surface area (Å²) >= 11 is 0. The van der Waals surface area contributed by atoms with Crippen molar-refractivity contribution in [1.29, 1.82) is 0 Å². The Kier molecular flexibility index (Phi) is 3.89. The molecule has 1 aromatic heterocycles. The monoisotopic (exact) mass is 289 g/mol. The third kappa shape index (κ3) is 3.18. The maximum Gasteiger partial charge on any atom is 0.0641 e. The van der Waals surface area contributed by atoms with E-state index in [1.807, 2.05) is 0 Å². The smallest absolute Gasteiger partial charge is 0.0641 e. The van der Waals surface area contributed by atoms with E-state index in [4.69, 9.17) is 5.10 Å². The maximum atomic E-state index is 4.83. The van der Waals surface area contributed by atoms with Gasteiger partial charge in [0.1, 0.15) is 0 Å². The quantitative estimate of drug-likeness (QED) is 0.913. The van der Waals surface area contributed by atoms with Crippen LogP contribution in [-0.2, 0) is 13.1 Å². The summed E-state index contributed by atoms with van der Waals surface area (Å²) in [4.78, 5) is 0. The third-order valence-electron chi connectivity index (χ3n) is 5.62. The number of hydrogen-bond donors (Lipinski definition) is 1. The highest BCUT2D eigenvalue weighted by Gasteiger charge is 2.39. The molecule has 0 saturated heterocycles. The van der Waals surface area contributed by atoms with E-state index >= 15 is 0 Å². The van der Waals surface area contributed by atoms with Gasteiger partial charge in [0.25, 0.3) is 0 Å². The number of nitrogens with one attached hydrogen (secondary N) is 1. The van der Waals surface area contributed by atoms with Gasteiger partial charge < -0.3 is 5.32 Å². The molecular formula is C18H31N3. The highest BCUT2D eigenvalue weighted by atomic mass is 15.3. The molecule has 0 spiro atoms. The Balaban J connectivity index is 1.69. The molecule has 1 N–H and O–H groups in total. The molecule has 21 heavy (non-hydrogen) atoms. The van der Waals surface area contributed by atoms with E-state index in [9.17, 15) is 0 Å². The van der Waals surface area contributed by atoms with Crippen LogP contribution >= 0.6 is 0 Å². The van der Waals surface area contributed by atoms with E-state index in [0.717, 1.165) is 30.8 Å². The van der Waals surface area contributed by atoms with Gasteiger partial charge in [0.05, 0.1) is 5.69 Å². The van der Waals surface area contributed by atoms with Crippen LogP contribution in [0.15, 0.2) is 0 Å². The Bertz CT molecular complexity index is 509. The molecule has 2 saturated carbocycles. The largest absolute Gasteiger partial charge is 0.308 e. The summed E-state index contributed by atoms with van der Waals surface area (Å²) in [6.07, 6.45) is 5.88. The van der Waals surface area contributed by atoms with Crippen LogP contribution in [0, 0.1) is 31.6 Å². The summed E-state index contributed by atoms with van der Waals surface area (Å²) in [6.45, 7) is 13.1. The Morgan fingerprint density at radius 1 is 1.19 bits per heavy atom. The standard InChI is InChI=1S/C18H31N3/c1-12-17(10-19-18(3,4)5)13(2)21(20-12)11-16-9-14-6-7-15(16)8-14/h14-16,19H,6-11H2,1-5H3. The fourth-order valence-electron chi connectivity index (χ4n) is 4.34. The highest BCUT2D eigenvalue weighted by molar-refractivity contribution is 5.24. The Hall–Kier alpha value is -0.830. The SMILES string of the molecule is Cc1nn(CC2CC3CCC2C3)c(C)c1CNC(C)(C)C. The first kappa shape index (κ1) is 15.1. The van der Waals surface area contributed by atoms with Gasteiger partial charge in [0.2, 0.25) is 0 Å². The van der Waals surface area contributed by atoms with Crippen LogP contribution in [0.25, 0.3) is 0 Å². The summed E-state index contributed by atoms with van der Waals surface area (Å²) in [7, 11) is 0. The first-order valence-corrected chi connectivity index (χ1v) is 8.61. The van der Waals surface area contributed by atoms with Gasteiger partial charge in [-0.15, -0.1) is 0 Å². The zero-order valence-electron chi connectivity index (χ0n) is 14.4. The summed E-state index contributed by atoms with van der Waals surface area (Å²) in [5, 5.41) is 8.44. The molecule has 3 nitrogen and oxygen atoms in total. The number of hydrogen-bond acceptors (Lipinski definition) is 2. The predicted molar refractivity (Wildman–Crippen MR) is 87.2 cm³/mol. The Morgan fingerprint density at radius 2 is 1.95 bits per heavy atom. The molecule has 0 aromatic carbocycles. The molecule has 2 aliphatic carbocycles. The van der Waals surface area contributed by atoms with Crippen molar-refractivity contribution < 1.29 is 0 Å². The van der Waals surface area contributed by atoms with Crippen LogP contribution in [0.1, 0.15) is 63.4 Å². The molecule has 3 atom stereocenters. The lowest BCUT2D eigenvalue weighted by molar-refractivity contribution is 0.283. The molecule has 3 rings (SSSR count). The van der Waals surface area contributed by atoms with Gasteiger partial charge >= 0.3 is 0 Å². The number of aromatic nitrogens is 2. The maximum absolute atomic E-state index is 4.83. The van der Waals surface area contributed by atoms with Crippen molar-refractivity contribution in [2.24, 2.45) is 17.8 Å². The lowest BCUT2D eigenvalue weighted by atomic mass is 9.89. The highest BCUT2D eigenvalue weighted by Crippen LogP contribution is 2.48. The van der Waals surface area contributed by atoms with Crippen molar-refractivity contribution in [3.63, 3.8) is 0 Å². The minimum absolute atomic E-state index is 0.158. The summed E-state index contributed by atoms with van der Waals surface area (Å²) in [6, 6.07) is 0. The van der Waals surface area contributed by atoms with Gasteiger partial charge in [0.15, 0.2) is 0 Å². The van der Waals surface area contributed by atoms with Gasteiger partial charge in [-0.05, 0) is 71.6 Å². The van der Waals surface area contributed by atoms with Crippen molar-refractivity contribution in [2.45, 2.75) is 78.9 Å². The Labute approximate surface area is 129 Å². The lowest BCUT2D eigenvalue weighted by Gasteiger charge is -2.22. The molecular weight excluding hydrogens is 258 g/mol. The normalized spacial score (nSPS) is 28.5. The summed E-state index contributed by atoms with van der Waals surface area (Å²) < 4.78 is 2.29. The molecule has 0 aliphatic heterocycles. The molecule has 3 heteroatoms. The molecule has 0 radical (unpaired) electrons. The van der Waals surface area contributed by atoms with E-state index in [0.29, 0.717) is 0 Å². The lowest BCUT2D eigenvalue weighted by Crippen LogP contribution is -2.35. The van der Waals surface area contributed by atoms with Crippen LogP contribution < -0.4 is 5.32 Å². The minimum atomic E-state index is 0.158. The second kappa shape index (κ2) is 5.42. The average Bonchev–Trinajstić information content (AvgIpc) is 3.04. The average molecular weight is 289 g/mol. The zero-order valence-corrected chi connectivity index (χ0v) is 14.4. The van der Waals surface area contributed by atoms with Crippen LogP contribution in [0.3, 0.4) is 0 Å². The van der Waals surface area contributed by atoms with Crippen molar-refractivity contribution >= 4 is 0 Å². The number of aryl methyl sites for hydroxylation is 1. The second-order valence-corrected chi connectivity index (χ2v) is 8.37. The van der Waals surface area contributed by atoms with Crippen LogP contribution in [0.2, 0.25) is 0 Å². The fraction of sp³-hybridized carbons (Fsp3) is 0.833. The molecule has 2 fully saturated rings. The zero-order chi connectivity index (χ0) is 15.2. The fourth-order valence-corrected chi connectivity index (χ4v) is 4.34. The van der Waals surface area contributed by atoms with Crippen molar-refractivity contribution in [1.82, 2.24) is 15.1 Å². The molecule has 118 valence electrons. The van der Waals surface area contributed by atoms with E-state index in [2.05, 4.69) is 44.6 Å². The van der Waals surface area contributed by atoms with E-state index < -0.39 is 0 Å². The van der Waals surface area contributed by atoms with E-state index in [-0.39, 0.29) is 5.54 Å². The van der Waals surface area contributed by atoms with Gasteiger partial charge in [-0.1, -0.05) is 6.42 Å². The van der Waals surface area contributed by atoms with E-state index in [1.54, 1.807) is 0 Å². The van der Waals surface area contributed by atoms with Gasteiger partial charge in [-0.2, -0.15) is 5.10 Å². The third-order valence-corrected chi connectivity index (χ3v) is 5.62. The minimum Gasteiger partial charge on any atom is -0.308 e. The molecule has 1 heterocycles. The predicted octanol–water partition coefficient (Wildman–Crippen LogP) is 3.82. The van der Waals surface area contributed by atoms with Crippen molar-refractivity contribution in [3.05, 3.63) is 17.0 Å². The number of fused-ring (bicyclic) bond motifs is 2. The first-order valence-electron chi connectivity index (χ1n) is 8.61. The number of nitrogens with zero attached hydrogens (tertiary/aromatic N) is 2. The molecule has 0 amide bonds. The van der Waals surface area contributed by atoms with Crippen molar-refractivity contribution in [3.8, 4) is 0 Å². The molecule has 2 bridgehead atoms. The number of rotatable bonds is 4. The molecule has 3 unspecified atom stereocenters. The topological polar surface area (TPSA) is 29.9 Å². The van der Waals surface area contributed by atoms with Crippen LogP contribution in [-0.4, -0.2) is 15.3 Å². The summed E-state index contributed by atoms with van der Waals surface area (Å²) in [5.74, 6) is 2.89. The van der Waals surface area contributed by atoms with Crippen molar-refractivity contribution in [2.75, 3.05) is 0 Å².